The molecule has 0 aliphatic carbocycles. The van der Waals surface area contributed by atoms with Crippen LogP contribution in [0.3, 0.4) is 0 Å². The number of aromatic nitrogens is 2. The molecule has 20 heavy (non-hydrogen) atoms. The van der Waals surface area contributed by atoms with Gasteiger partial charge in [-0.05, 0) is 43.7 Å². The van der Waals surface area contributed by atoms with Gasteiger partial charge < -0.3 is 5.32 Å². The van der Waals surface area contributed by atoms with Crippen molar-refractivity contribution in [1.29, 1.82) is 0 Å². The lowest BCUT2D eigenvalue weighted by atomic mass is 10.1. The summed E-state index contributed by atoms with van der Waals surface area (Å²) in [5.41, 5.74) is 2.32. The van der Waals surface area contributed by atoms with E-state index in [1.165, 1.54) is 10.3 Å². The monoisotopic (exact) mass is 283 g/mol. The van der Waals surface area contributed by atoms with Gasteiger partial charge in [-0.1, -0.05) is 12.1 Å². The van der Waals surface area contributed by atoms with Gasteiger partial charge in [0.25, 0.3) is 0 Å². The summed E-state index contributed by atoms with van der Waals surface area (Å²) in [6.45, 7) is 4.33. The van der Waals surface area contributed by atoms with Crippen LogP contribution in [-0.2, 0) is 0 Å². The molecule has 2 atom stereocenters. The number of nitrogens with zero attached hydrogens (tertiary/aromatic N) is 2. The van der Waals surface area contributed by atoms with Crippen LogP contribution in [0.1, 0.15) is 36.5 Å². The topological polar surface area (TPSA) is 37.8 Å². The van der Waals surface area contributed by atoms with Crippen LogP contribution in [-0.4, -0.2) is 9.97 Å². The van der Waals surface area contributed by atoms with Crippen LogP contribution in [0.4, 0.5) is 0 Å². The van der Waals surface area contributed by atoms with Crippen LogP contribution in [0.25, 0.3) is 10.2 Å². The van der Waals surface area contributed by atoms with Gasteiger partial charge in [-0.15, -0.1) is 11.3 Å². The van der Waals surface area contributed by atoms with Crippen LogP contribution in [0.5, 0.6) is 0 Å². The Balaban J connectivity index is 1.77. The lowest BCUT2D eigenvalue weighted by Crippen LogP contribution is -2.22. The fourth-order valence-electron chi connectivity index (χ4n) is 2.27. The first kappa shape index (κ1) is 13.2. The third-order valence-corrected chi connectivity index (χ3v) is 4.61. The van der Waals surface area contributed by atoms with E-state index >= 15 is 0 Å². The molecule has 0 aliphatic heterocycles. The summed E-state index contributed by atoms with van der Waals surface area (Å²) in [5.74, 6) is 0. The molecule has 0 amide bonds. The summed E-state index contributed by atoms with van der Waals surface area (Å²) in [6.07, 6.45) is 3.66. The van der Waals surface area contributed by atoms with Gasteiger partial charge in [-0.2, -0.15) is 0 Å². The second-order valence-electron chi connectivity index (χ2n) is 4.91. The van der Waals surface area contributed by atoms with E-state index in [0.717, 1.165) is 10.5 Å². The quantitative estimate of drug-likeness (QED) is 0.783. The molecule has 0 saturated carbocycles. The summed E-state index contributed by atoms with van der Waals surface area (Å²) in [6, 6.07) is 12.9. The van der Waals surface area contributed by atoms with Gasteiger partial charge >= 0.3 is 0 Å². The molecular formula is C16H17N3S. The molecular weight excluding hydrogens is 266 g/mol. The molecule has 0 fully saturated rings. The van der Waals surface area contributed by atoms with Gasteiger partial charge in [-0.25, -0.2) is 4.98 Å². The Morgan fingerprint density at radius 3 is 2.50 bits per heavy atom. The maximum Gasteiger partial charge on any atom is 0.111 e. The average Bonchev–Trinajstić information content (AvgIpc) is 2.92. The standard InChI is InChI=1S/C16H17N3S/c1-11(13-7-9-17-10-8-13)18-12(2)16-19-14-5-3-4-6-15(14)20-16/h3-12,18H,1-2H3. The molecule has 3 aromatic rings. The number of nitrogens with one attached hydrogen (secondary N) is 1. The Hall–Kier alpha value is -1.78. The highest BCUT2D eigenvalue weighted by molar-refractivity contribution is 7.18. The maximum atomic E-state index is 4.70. The Kier molecular flexibility index (Phi) is 3.76. The molecule has 0 saturated heterocycles. The normalized spacial score (nSPS) is 14.3. The molecule has 1 aromatic carbocycles. The second kappa shape index (κ2) is 5.69. The van der Waals surface area contributed by atoms with E-state index in [1.54, 1.807) is 11.3 Å². The fourth-order valence-corrected chi connectivity index (χ4v) is 3.25. The van der Waals surface area contributed by atoms with Crippen LogP contribution >= 0.6 is 11.3 Å². The molecule has 1 N–H and O–H groups in total. The molecule has 0 bridgehead atoms. The molecule has 3 nitrogen and oxygen atoms in total. The predicted molar refractivity (Wildman–Crippen MR) is 83.8 cm³/mol. The highest BCUT2D eigenvalue weighted by Gasteiger charge is 2.14. The summed E-state index contributed by atoms with van der Waals surface area (Å²) in [5, 5.41) is 4.73. The van der Waals surface area contributed by atoms with Crippen molar-refractivity contribution in [3.05, 3.63) is 59.4 Å². The van der Waals surface area contributed by atoms with E-state index in [9.17, 15) is 0 Å². The van der Waals surface area contributed by atoms with Crippen molar-refractivity contribution >= 4 is 21.6 Å². The van der Waals surface area contributed by atoms with Crippen LogP contribution < -0.4 is 5.32 Å². The minimum Gasteiger partial charge on any atom is -0.302 e. The first-order chi connectivity index (χ1) is 9.74. The van der Waals surface area contributed by atoms with Crippen molar-refractivity contribution in [2.24, 2.45) is 0 Å². The van der Waals surface area contributed by atoms with E-state index in [4.69, 9.17) is 4.98 Å². The largest absolute Gasteiger partial charge is 0.302 e. The highest BCUT2D eigenvalue weighted by Crippen LogP contribution is 2.27. The number of hydrogen-bond acceptors (Lipinski definition) is 4. The van der Waals surface area contributed by atoms with E-state index < -0.39 is 0 Å². The van der Waals surface area contributed by atoms with Crippen molar-refractivity contribution in [3.8, 4) is 0 Å². The summed E-state index contributed by atoms with van der Waals surface area (Å²) in [7, 11) is 0. The lowest BCUT2D eigenvalue weighted by molar-refractivity contribution is 0.493. The molecule has 2 heterocycles. The Bertz CT molecular complexity index is 660. The molecule has 0 spiro atoms. The number of benzene rings is 1. The highest BCUT2D eigenvalue weighted by atomic mass is 32.1. The molecule has 2 unspecified atom stereocenters. The van der Waals surface area contributed by atoms with Gasteiger partial charge in [0, 0.05) is 18.4 Å². The number of fused-ring (bicyclic) bond motifs is 1. The molecule has 2 aromatic heterocycles. The fraction of sp³-hybridized carbons (Fsp3) is 0.250. The minimum atomic E-state index is 0.232. The zero-order valence-corrected chi connectivity index (χ0v) is 12.4. The predicted octanol–water partition coefficient (Wildman–Crippen LogP) is 4.10. The van der Waals surface area contributed by atoms with Gasteiger partial charge in [-0.3, -0.25) is 4.98 Å². The summed E-state index contributed by atoms with van der Waals surface area (Å²) < 4.78 is 1.24. The Morgan fingerprint density at radius 1 is 1.00 bits per heavy atom. The number of rotatable bonds is 4. The molecule has 3 rings (SSSR count). The van der Waals surface area contributed by atoms with Crippen molar-refractivity contribution in [1.82, 2.24) is 15.3 Å². The van der Waals surface area contributed by atoms with E-state index in [2.05, 4.69) is 42.3 Å². The number of hydrogen-bond donors (Lipinski definition) is 1. The maximum absolute atomic E-state index is 4.70. The van der Waals surface area contributed by atoms with Crippen LogP contribution in [0, 0.1) is 0 Å². The molecule has 4 heteroatoms. The zero-order valence-electron chi connectivity index (χ0n) is 11.6. The van der Waals surface area contributed by atoms with Crippen LogP contribution in [0.15, 0.2) is 48.8 Å². The van der Waals surface area contributed by atoms with E-state index in [0.29, 0.717) is 0 Å². The van der Waals surface area contributed by atoms with Crippen molar-refractivity contribution in [2.45, 2.75) is 25.9 Å². The Labute approximate surface area is 122 Å². The van der Waals surface area contributed by atoms with Gasteiger partial charge in [0.15, 0.2) is 0 Å². The minimum absolute atomic E-state index is 0.232. The Morgan fingerprint density at radius 2 is 1.75 bits per heavy atom. The summed E-state index contributed by atoms with van der Waals surface area (Å²) >= 11 is 1.76. The third-order valence-electron chi connectivity index (χ3n) is 3.39. The van der Waals surface area contributed by atoms with Crippen molar-refractivity contribution in [2.75, 3.05) is 0 Å². The lowest BCUT2D eigenvalue weighted by Gasteiger charge is -2.18. The number of para-hydroxylation sites is 1. The zero-order chi connectivity index (χ0) is 13.9. The average molecular weight is 283 g/mol. The van der Waals surface area contributed by atoms with Gasteiger partial charge in [0.2, 0.25) is 0 Å². The molecule has 0 radical (unpaired) electrons. The molecule has 102 valence electrons. The smallest absolute Gasteiger partial charge is 0.111 e. The van der Waals surface area contributed by atoms with E-state index in [-0.39, 0.29) is 12.1 Å². The second-order valence-corrected chi connectivity index (χ2v) is 5.97. The summed E-state index contributed by atoms with van der Waals surface area (Å²) in [4.78, 5) is 8.76. The van der Waals surface area contributed by atoms with Crippen molar-refractivity contribution in [3.63, 3.8) is 0 Å². The SMILES string of the molecule is CC(NC(C)c1nc2ccccc2s1)c1ccncc1. The van der Waals surface area contributed by atoms with E-state index in [1.807, 2.05) is 30.6 Å². The number of thiazole rings is 1. The van der Waals surface area contributed by atoms with Crippen molar-refractivity contribution < 1.29 is 0 Å². The molecule has 0 aliphatic rings. The van der Waals surface area contributed by atoms with Gasteiger partial charge in [0.1, 0.15) is 5.01 Å². The third kappa shape index (κ3) is 2.71. The first-order valence-corrected chi connectivity index (χ1v) is 7.57. The van der Waals surface area contributed by atoms with Crippen LogP contribution in [0.2, 0.25) is 0 Å². The van der Waals surface area contributed by atoms with Gasteiger partial charge in [0.05, 0.1) is 16.3 Å². The number of pyridine rings is 1. The first-order valence-electron chi connectivity index (χ1n) is 6.75.